The third-order valence-electron chi connectivity index (χ3n) is 11.2. The fourth-order valence-electron chi connectivity index (χ4n) is 8.57. The van der Waals surface area contributed by atoms with Crippen LogP contribution in [0.5, 0.6) is 0 Å². The highest BCUT2D eigenvalue weighted by Gasteiger charge is 2.76. The molecule has 3 amide bonds. The largest absolute Gasteiger partial charge is 0.455 e. The van der Waals surface area contributed by atoms with Gasteiger partial charge >= 0.3 is 5.97 Å². The molecule has 0 aromatic heterocycles. The number of likely N-dealkylation sites (tertiary alicyclic amines) is 1. The second kappa shape index (κ2) is 16.2. The molecule has 3 heterocycles. The van der Waals surface area contributed by atoms with Gasteiger partial charge in [-0.1, -0.05) is 68.5 Å². The molecule has 0 unspecified atom stereocenters. The van der Waals surface area contributed by atoms with E-state index in [1.165, 1.54) is 4.90 Å². The molecule has 1 spiro atoms. The fourth-order valence-corrected chi connectivity index (χ4v) is 8.57. The first kappa shape index (κ1) is 38.9. The predicted octanol–water partition coefficient (Wildman–Crippen LogP) is 5.70. The molecule has 280 valence electrons. The number of carbonyl (C=O) groups is 4. The van der Waals surface area contributed by atoms with Crippen molar-refractivity contribution in [2.24, 2.45) is 17.8 Å². The van der Waals surface area contributed by atoms with Crippen LogP contribution >= 0.6 is 0 Å². The van der Waals surface area contributed by atoms with E-state index in [1.807, 2.05) is 83.1 Å². The van der Waals surface area contributed by atoms with Gasteiger partial charge < -0.3 is 29.3 Å². The van der Waals surface area contributed by atoms with E-state index in [2.05, 4.69) is 13.2 Å². The smallest absolute Gasteiger partial charge is 0.313 e. The normalized spacial score (nSPS) is 25.0. The first-order chi connectivity index (χ1) is 24.8. The van der Waals surface area contributed by atoms with Gasteiger partial charge in [-0.05, 0) is 75.1 Å². The molecule has 3 fully saturated rings. The molecule has 0 saturated carbocycles. The molecule has 1 N–H and O–H groups in total. The summed E-state index contributed by atoms with van der Waals surface area (Å²) in [5.41, 5.74) is 1.98. The average Bonchev–Trinajstić information content (AvgIpc) is 3.78. The lowest BCUT2D eigenvalue weighted by Gasteiger charge is -2.40. The van der Waals surface area contributed by atoms with Crippen molar-refractivity contribution in [2.45, 2.75) is 103 Å². The van der Waals surface area contributed by atoms with E-state index in [0.29, 0.717) is 36.9 Å². The lowest BCUT2D eigenvalue weighted by Crippen LogP contribution is -2.59. The van der Waals surface area contributed by atoms with Crippen molar-refractivity contribution >= 4 is 29.4 Å². The number of hydrogen-bond donors (Lipinski definition) is 1. The van der Waals surface area contributed by atoms with E-state index >= 15 is 4.79 Å². The van der Waals surface area contributed by atoms with Gasteiger partial charge in [-0.25, -0.2) is 0 Å². The molecule has 5 rings (SSSR count). The molecule has 10 heteroatoms. The first-order valence-electron chi connectivity index (χ1n) is 18.5. The van der Waals surface area contributed by atoms with E-state index < -0.39 is 53.7 Å². The van der Waals surface area contributed by atoms with Crippen LogP contribution < -0.4 is 4.90 Å². The van der Waals surface area contributed by atoms with E-state index in [1.54, 1.807) is 29.0 Å². The Labute approximate surface area is 308 Å². The molecule has 0 aliphatic carbocycles. The fraction of sp³-hybridized carbons (Fsp3) is 0.524. The summed E-state index contributed by atoms with van der Waals surface area (Å²) in [5.74, 6) is -3.29. The van der Waals surface area contributed by atoms with Crippen LogP contribution in [-0.2, 0) is 28.7 Å². The van der Waals surface area contributed by atoms with Crippen molar-refractivity contribution < 1.29 is 33.8 Å². The van der Waals surface area contributed by atoms with Crippen molar-refractivity contribution in [1.82, 2.24) is 9.80 Å². The van der Waals surface area contributed by atoms with Crippen LogP contribution in [0.15, 0.2) is 73.8 Å². The molecule has 2 bridgehead atoms. The Balaban J connectivity index is 1.55. The standard InChI is InChI=1S/C42H55N3O7/c1-9-11-17-34(47)43(8)29(7)37(30-15-13-12-14-16-30)51-41(50)35-33-20-21-42(52-33)36(35)39(48)45(31(25-46)23-26(3)4)38(42)40(49)44(22-10-2)32-24-27(5)18-19-28(32)6/h9-10,12-16,18-19,24,26,29,31,33,35-38,46H,1-2,11,17,20-23,25H2,3-8H3/t29-,31+,33+,35-,36-,37+,38+,42-/m0/s1. The van der Waals surface area contributed by atoms with Crippen LogP contribution in [0.4, 0.5) is 5.69 Å². The summed E-state index contributed by atoms with van der Waals surface area (Å²) in [6.07, 6.45) is 4.00. The van der Waals surface area contributed by atoms with Crippen molar-refractivity contribution in [3.8, 4) is 0 Å². The van der Waals surface area contributed by atoms with E-state index in [0.717, 1.165) is 11.1 Å². The van der Waals surface area contributed by atoms with Gasteiger partial charge in [0.05, 0.1) is 36.6 Å². The Hall–Kier alpha value is -4.28. The number of likely N-dealkylation sites (N-methyl/N-ethyl adjacent to an activating group) is 1. The minimum absolute atomic E-state index is 0.109. The van der Waals surface area contributed by atoms with Crippen LogP contribution in [0.3, 0.4) is 0 Å². The number of nitrogens with zero attached hydrogens (tertiary/aromatic N) is 3. The number of carbonyl (C=O) groups excluding carboxylic acids is 4. The number of aliphatic hydroxyl groups excluding tert-OH is 1. The highest BCUT2D eigenvalue weighted by molar-refractivity contribution is 6.05. The van der Waals surface area contributed by atoms with E-state index in [9.17, 15) is 19.5 Å². The maximum atomic E-state index is 15.1. The van der Waals surface area contributed by atoms with E-state index in [4.69, 9.17) is 9.47 Å². The van der Waals surface area contributed by atoms with Crippen molar-refractivity contribution in [3.05, 3.63) is 90.5 Å². The number of anilines is 1. The molecule has 2 aromatic carbocycles. The van der Waals surface area contributed by atoms with Gasteiger partial charge in [-0.2, -0.15) is 0 Å². The number of amides is 3. The SMILES string of the molecule is C=CCCC(=O)N(C)[C@@H](C)[C@@H](OC(=O)[C@@H]1[C@H]2C(=O)N([C@@H](CO)CC(C)C)[C@H](C(=O)N(CC=C)c3cc(C)ccc3C)[C@]23CC[C@H]1O3)c1ccccc1. The number of hydrogen-bond acceptors (Lipinski definition) is 7. The Morgan fingerprint density at radius 3 is 2.44 bits per heavy atom. The first-order valence-corrected chi connectivity index (χ1v) is 18.5. The van der Waals surface area contributed by atoms with Gasteiger partial charge in [-0.15, -0.1) is 13.2 Å². The molecule has 3 saturated heterocycles. The summed E-state index contributed by atoms with van der Waals surface area (Å²) in [6.45, 7) is 17.2. The number of ether oxygens (including phenoxy) is 2. The van der Waals surface area contributed by atoms with Gasteiger partial charge in [0.1, 0.15) is 17.7 Å². The van der Waals surface area contributed by atoms with Crippen LogP contribution in [0, 0.1) is 31.6 Å². The topological polar surface area (TPSA) is 117 Å². The molecule has 2 aromatic rings. The van der Waals surface area contributed by atoms with Gasteiger partial charge in [0, 0.05) is 25.7 Å². The van der Waals surface area contributed by atoms with Crippen molar-refractivity contribution in [1.29, 1.82) is 0 Å². The second-order valence-electron chi connectivity index (χ2n) is 15.1. The zero-order chi connectivity index (χ0) is 37.9. The number of rotatable bonds is 16. The van der Waals surface area contributed by atoms with Gasteiger partial charge in [0.15, 0.2) is 0 Å². The molecule has 10 nitrogen and oxygen atoms in total. The summed E-state index contributed by atoms with van der Waals surface area (Å²) in [4.78, 5) is 62.4. The molecular weight excluding hydrogens is 658 g/mol. The predicted molar refractivity (Wildman–Crippen MR) is 200 cm³/mol. The van der Waals surface area contributed by atoms with E-state index in [-0.39, 0.29) is 43.2 Å². The number of allylic oxidation sites excluding steroid dienone is 1. The summed E-state index contributed by atoms with van der Waals surface area (Å²) in [5, 5.41) is 10.7. The van der Waals surface area contributed by atoms with Crippen LogP contribution in [0.1, 0.15) is 75.7 Å². The van der Waals surface area contributed by atoms with Crippen LogP contribution in [0.25, 0.3) is 0 Å². The summed E-state index contributed by atoms with van der Waals surface area (Å²) in [6, 6.07) is 12.9. The zero-order valence-corrected chi connectivity index (χ0v) is 31.5. The Morgan fingerprint density at radius 2 is 1.81 bits per heavy atom. The lowest BCUT2D eigenvalue weighted by atomic mass is 9.70. The highest BCUT2D eigenvalue weighted by Crippen LogP contribution is 2.59. The average molecular weight is 714 g/mol. The minimum atomic E-state index is -1.30. The third kappa shape index (κ3) is 7.20. The Bertz CT molecular complexity index is 1660. The third-order valence-corrected chi connectivity index (χ3v) is 11.2. The maximum Gasteiger partial charge on any atom is 0.313 e. The number of fused-ring (bicyclic) bond motifs is 1. The highest BCUT2D eigenvalue weighted by atomic mass is 16.6. The Morgan fingerprint density at radius 1 is 1.10 bits per heavy atom. The summed E-state index contributed by atoms with van der Waals surface area (Å²) < 4.78 is 13.1. The summed E-state index contributed by atoms with van der Waals surface area (Å²) in [7, 11) is 1.69. The van der Waals surface area contributed by atoms with Crippen LogP contribution in [0.2, 0.25) is 0 Å². The quantitative estimate of drug-likeness (QED) is 0.175. The molecule has 8 atom stereocenters. The number of aryl methyl sites for hydroxylation is 2. The number of benzene rings is 2. The molecular formula is C42H55N3O7. The van der Waals surface area contributed by atoms with Gasteiger partial charge in [-0.3, -0.25) is 19.2 Å². The number of aliphatic hydroxyl groups is 1. The monoisotopic (exact) mass is 713 g/mol. The minimum Gasteiger partial charge on any atom is -0.455 e. The molecule has 3 aliphatic heterocycles. The van der Waals surface area contributed by atoms with Crippen molar-refractivity contribution in [2.75, 3.05) is 25.1 Å². The molecule has 3 aliphatic rings. The number of esters is 1. The Kier molecular flexibility index (Phi) is 12.1. The zero-order valence-electron chi connectivity index (χ0n) is 31.5. The van der Waals surface area contributed by atoms with Crippen LogP contribution in [-0.4, -0.2) is 88.6 Å². The molecule has 52 heavy (non-hydrogen) atoms. The summed E-state index contributed by atoms with van der Waals surface area (Å²) >= 11 is 0. The lowest BCUT2D eigenvalue weighted by molar-refractivity contribution is -0.165. The van der Waals surface area contributed by atoms with Gasteiger partial charge in [0.2, 0.25) is 11.8 Å². The maximum absolute atomic E-state index is 15.1. The molecule has 0 radical (unpaired) electrons. The second-order valence-corrected chi connectivity index (χ2v) is 15.1. The van der Waals surface area contributed by atoms with Gasteiger partial charge in [0.25, 0.3) is 5.91 Å². The van der Waals surface area contributed by atoms with Crippen molar-refractivity contribution in [3.63, 3.8) is 0 Å².